The van der Waals surface area contributed by atoms with Gasteiger partial charge >= 0.3 is 0 Å². The van der Waals surface area contributed by atoms with Gasteiger partial charge in [-0.2, -0.15) is 0 Å². The molecule has 102 valence electrons. The average Bonchev–Trinajstić information content (AvgIpc) is 2.85. The van der Waals surface area contributed by atoms with Gasteiger partial charge in [0.1, 0.15) is 6.10 Å². The van der Waals surface area contributed by atoms with E-state index in [1.807, 2.05) is 6.07 Å². The van der Waals surface area contributed by atoms with Crippen molar-refractivity contribution in [3.05, 3.63) is 57.3 Å². The molecular weight excluding hydrogens is 252 g/mol. The standard InChI is InChI=1S/C17H22OS/c1-4-14-8-9-19-17(14)16(18)15-7-5-6-13(11-15)10-12(2)3/h5-9,11-12,16,18H,4,10H2,1-3H3. The summed E-state index contributed by atoms with van der Waals surface area (Å²) in [5.41, 5.74) is 3.57. The Morgan fingerprint density at radius 2 is 2.00 bits per heavy atom. The van der Waals surface area contributed by atoms with Gasteiger partial charge in [0, 0.05) is 4.88 Å². The zero-order chi connectivity index (χ0) is 13.8. The lowest BCUT2D eigenvalue weighted by Crippen LogP contribution is -2.02. The van der Waals surface area contributed by atoms with Crippen LogP contribution < -0.4 is 0 Å². The number of hydrogen-bond acceptors (Lipinski definition) is 2. The van der Waals surface area contributed by atoms with Crippen LogP contribution in [0.25, 0.3) is 0 Å². The van der Waals surface area contributed by atoms with E-state index in [2.05, 4.69) is 50.4 Å². The SMILES string of the molecule is CCc1ccsc1C(O)c1cccc(CC(C)C)c1. The van der Waals surface area contributed by atoms with E-state index in [0.717, 1.165) is 23.3 Å². The summed E-state index contributed by atoms with van der Waals surface area (Å²) in [6.45, 7) is 6.57. The normalized spacial score (nSPS) is 12.9. The second-order valence-corrected chi connectivity index (χ2v) is 6.36. The van der Waals surface area contributed by atoms with E-state index in [9.17, 15) is 5.11 Å². The molecule has 1 heterocycles. The maximum Gasteiger partial charge on any atom is 0.113 e. The lowest BCUT2D eigenvalue weighted by Gasteiger charge is -2.13. The van der Waals surface area contributed by atoms with E-state index in [4.69, 9.17) is 0 Å². The molecule has 0 radical (unpaired) electrons. The Morgan fingerprint density at radius 3 is 2.68 bits per heavy atom. The Labute approximate surface area is 119 Å². The van der Waals surface area contributed by atoms with Crippen molar-refractivity contribution in [2.24, 2.45) is 5.92 Å². The van der Waals surface area contributed by atoms with E-state index < -0.39 is 6.10 Å². The first-order valence-corrected chi connectivity index (χ1v) is 7.83. The number of thiophene rings is 1. The van der Waals surface area contributed by atoms with Crippen molar-refractivity contribution in [1.82, 2.24) is 0 Å². The summed E-state index contributed by atoms with van der Waals surface area (Å²) in [5.74, 6) is 0.639. The van der Waals surface area contributed by atoms with Gasteiger partial charge in [-0.15, -0.1) is 11.3 Å². The molecule has 2 heteroatoms. The Morgan fingerprint density at radius 1 is 1.21 bits per heavy atom. The van der Waals surface area contributed by atoms with Crippen molar-refractivity contribution in [2.75, 3.05) is 0 Å². The molecule has 0 spiro atoms. The van der Waals surface area contributed by atoms with Gasteiger partial charge in [-0.25, -0.2) is 0 Å². The molecule has 0 saturated carbocycles. The maximum absolute atomic E-state index is 10.6. The number of rotatable bonds is 5. The molecule has 0 aliphatic heterocycles. The average molecular weight is 274 g/mol. The molecule has 1 nitrogen and oxygen atoms in total. The predicted molar refractivity (Wildman–Crippen MR) is 82.7 cm³/mol. The third-order valence-electron chi connectivity index (χ3n) is 3.32. The Kier molecular flexibility index (Phi) is 4.78. The number of benzene rings is 1. The molecule has 0 aliphatic rings. The minimum atomic E-state index is -0.484. The van der Waals surface area contributed by atoms with Gasteiger partial charge in [0.05, 0.1) is 0 Å². The molecule has 0 aliphatic carbocycles. The lowest BCUT2D eigenvalue weighted by atomic mass is 9.97. The van der Waals surface area contributed by atoms with Gasteiger partial charge in [0.15, 0.2) is 0 Å². The van der Waals surface area contributed by atoms with Gasteiger partial charge in [-0.3, -0.25) is 0 Å². The van der Waals surface area contributed by atoms with Gasteiger partial charge in [-0.1, -0.05) is 45.0 Å². The van der Waals surface area contributed by atoms with E-state index >= 15 is 0 Å². The topological polar surface area (TPSA) is 20.2 Å². The van der Waals surface area contributed by atoms with Crippen LogP contribution in [0.5, 0.6) is 0 Å². The van der Waals surface area contributed by atoms with Crippen LogP contribution in [0.4, 0.5) is 0 Å². The molecule has 1 aromatic heterocycles. The fraction of sp³-hybridized carbons (Fsp3) is 0.412. The van der Waals surface area contributed by atoms with Crippen LogP contribution in [0, 0.1) is 5.92 Å². The molecular formula is C17H22OS. The second kappa shape index (κ2) is 6.36. The number of aliphatic hydroxyl groups excluding tert-OH is 1. The summed E-state index contributed by atoms with van der Waals surface area (Å²) in [4.78, 5) is 1.09. The van der Waals surface area contributed by atoms with Crippen LogP contribution in [0.2, 0.25) is 0 Å². The van der Waals surface area contributed by atoms with Gasteiger partial charge in [0.25, 0.3) is 0 Å². The van der Waals surface area contributed by atoms with Crippen molar-refractivity contribution in [1.29, 1.82) is 0 Å². The molecule has 0 bridgehead atoms. The summed E-state index contributed by atoms with van der Waals surface area (Å²) < 4.78 is 0. The van der Waals surface area contributed by atoms with Crippen LogP contribution in [0.1, 0.15) is 48.4 Å². The highest BCUT2D eigenvalue weighted by Crippen LogP contribution is 2.30. The Hall–Kier alpha value is -1.12. The molecule has 2 rings (SSSR count). The largest absolute Gasteiger partial charge is 0.383 e. The van der Waals surface area contributed by atoms with Gasteiger partial charge in [-0.05, 0) is 46.9 Å². The first kappa shape index (κ1) is 14.3. The van der Waals surface area contributed by atoms with Crippen LogP contribution in [-0.4, -0.2) is 5.11 Å². The third-order valence-corrected chi connectivity index (χ3v) is 4.33. The predicted octanol–water partition coefficient (Wildman–Crippen LogP) is 4.59. The number of aliphatic hydroxyl groups is 1. The molecule has 1 N–H and O–H groups in total. The molecule has 1 atom stereocenters. The molecule has 19 heavy (non-hydrogen) atoms. The summed E-state index contributed by atoms with van der Waals surface area (Å²) in [6.07, 6.45) is 1.55. The van der Waals surface area contributed by atoms with Gasteiger partial charge in [0.2, 0.25) is 0 Å². The summed E-state index contributed by atoms with van der Waals surface area (Å²) >= 11 is 1.65. The van der Waals surface area contributed by atoms with Crippen molar-refractivity contribution >= 4 is 11.3 Å². The molecule has 2 aromatic rings. The Balaban J connectivity index is 2.26. The highest BCUT2D eigenvalue weighted by molar-refractivity contribution is 7.10. The fourth-order valence-electron chi connectivity index (χ4n) is 2.39. The quantitative estimate of drug-likeness (QED) is 0.845. The minimum Gasteiger partial charge on any atom is -0.383 e. The first-order chi connectivity index (χ1) is 9.11. The summed E-state index contributed by atoms with van der Waals surface area (Å²) in [6, 6.07) is 10.5. The summed E-state index contributed by atoms with van der Waals surface area (Å²) in [7, 11) is 0. The molecule has 1 aromatic carbocycles. The van der Waals surface area contributed by atoms with Crippen molar-refractivity contribution < 1.29 is 5.11 Å². The highest BCUT2D eigenvalue weighted by atomic mass is 32.1. The number of aryl methyl sites for hydroxylation is 1. The first-order valence-electron chi connectivity index (χ1n) is 6.95. The summed E-state index contributed by atoms with van der Waals surface area (Å²) in [5, 5.41) is 12.6. The van der Waals surface area contributed by atoms with Crippen molar-refractivity contribution in [3.63, 3.8) is 0 Å². The van der Waals surface area contributed by atoms with E-state index in [1.54, 1.807) is 11.3 Å². The molecule has 0 fully saturated rings. The van der Waals surface area contributed by atoms with Crippen LogP contribution in [0.15, 0.2) is 35.7 Å². The minimum absolute atomic E-state index is 0.484. The van der Waals surface area contributed by atoms with Crippen molar-refractivity contribution in [3.8, 4) is 0 Å². The van der Waals surface area contributed by atoms with E-state index in [-0.39, 0.29) is 0 Å². The van der Waals surface area contributed by atoms with E-state index in [0.29, 0.717) is 5.92 Å². The molecule has 1 unspecified atom stereocenters. The molecule has 0 amide bonds. The van der Waals surface area contributed by atoms with E-state index in [1.165, 1.54) is 11.1 Å². The van der Waals surface area contributed by atoms with Crippen LogP contribution in [-0.2, 0) is 12.8 Å². The zero-order valence-electron chi connectivity index (χ0n) is 11.9. The van der Waals surface area contributed by atoms with Crippen molar-refractivity contribution in [2.45, 2.75) is 39.7 Å². The monoisotopic (exact) mass is 274 g/mol. The zero-order valence-corrected chi connectivity index (χ0v) is 12.7. The Bertz CT molecular complexity index is 528. The third kappa shape index (κ3) is 3.46. The van der Waals surface area contributed by atoms with Crippen LogP contribution >= 0.6 is 11.3 Å². The maximum atomic E-state index is 10.6. The highest BCUT2D eigenvalue weighted by Gasteiger charge is 2.15. The van der Waals surface area contributed by atoms with Crippen LogP contribution in [0.3, 0.4) is 0 Å². The second-order valence-electron chi connectivity index (χ2n) is 5.41. The number of hydrogen-bond donors (Lipinski definition) is 1. The smallest absolute Gasteiger partial charge is 0.113 e. The van der Waals surface area contributed by atoms with Gasteiger partial charge < -0.3 is 5.11 Å². The molecule has 0 saturated heterocycles. The lowest BCUT2D eigenvalue weighted by molar-refractivity contribution is 0.223. The fourth-order valence-corrected chi connectivity index (χ4v) is 3.40.